The van der Waals surface area contributed by atoms with Gasteiger partial charge in [-0.05, 0) is 49.7 Å². The van der Waals surface area contributed by atoms with Crippen molar-refractivity contribution in [2.45, 2.75) is 31.2 Å². The minimum absolute atomic E-state index is 0.0582. The van der Waals surface area contributed by atoms with Crippen LogP contribution >= 0.6 is 0 Å². The van der Waals surface area contributed by atoms with E-state index in [2.05, 4.69) is 30.9 Å². The fourth-order valence-electron chi connectivity index (χ4n) is 3.56. The van der Waals surface area contributed by atoms with Gasteiger partial charge in [-0.2, -0.15) is 13.2 Å². The van der Waals surface area contributed by atoms with Gasteiger partial charge in [-0.25, -0.2) is 19.3 Å². The number of anilines is 2. The summed E-state index contributed by atoms with van der Waals surface area (Å²) in [5, 5.41) is 18.0. The number of aromatic nitrogens is 3. The normalized spacial score (nSPS) is 17.0. The highest BCUT2D eigenvalue weighted by atomic mass is 19.4. The van der Waals surface area contributed by atoms with E-state index in [1.165, 1.54) is 24.4 Å². The zero-order valence-electron chi connectivity index (χ0n) is 18.5. The van der Waals surface area contributed by atoms with Gasteiger partial charge in [0.05, 0.1) is 16.9 Å². The van der Waals surface area contributed by atoms with E-state index >= 15 is 0 Å². The zero-order chi connectivity index (χ0) is 24.8. The van der Waals surface area contributed by atoms with E-state index in [0.29, 0.717) is 17.2 Å². The van der Waals surface area contributed by atoms with Crippen LogP contribution in [0.1, 0.15) is 12.8 Å². The molecule has 0 amide bonds. The highest BCUT2D eigenvalue weighted by molar-refractivity contribution is 5.66. The van der Waals surface area contributed by atoms with Gasteiger partial charge in [-0.1, -0.05) is 6.07 Å². The number of aliphatic hydroxyl groups excluding tert-OH is 1. The number of nitrogens with one attached hydrogen (secondary N) is 3. The Labute approximate surface area is 198 Å². The number of ether oxygens (including phenoxy) is 1. The lowest BCUT2D eigenvalue weighted by Crippen LogP contribution is -2.38. The Morgan fingerprint density at radius 1 is 1.14 bits per heavy atom. The van der Waals surface area contributed by atoms with Crippen LogP contribution in [0.4, 0.5) is 29.2 Å². The number of aliphatic hydroxyl groups is 1. The van der Waals surface area contributed by atoms with E-state index in [0.717, 1.165) is 25.9 Å². The first kappa shape index (κ1) is 24.6. The quantitative estimate of drug-likeness (QED) is 0.351. The topological polar surface area (TPSA) is 104 Å². The van der Waals surface area contributed by atoms with Gasteiger partial charge in [0.15, 0.2) is 17.7 Å². The Kier molecular flexibility index (Phi) is 7.61. The Balaban J connectivity index is 1.53. The van der Waals surface area contributed by atoms with E-state index < -0.39 is 24.6 Å². The Hall–Kier alpha value is -3.51. The van der Waals surface area contributed by atoms with Gasteiger partial charge < -0.3 is 25.8 Å². The maximum Gasteiger partial charge on any atom is 0.416 e. The number of rotatable bonds is 8. The van der Waals surface area contributed by atoms with Crippen molar-refractivity contribution >= 4 is 11.6 Å². The van der Waals surface area contributed by atoms with E-state index in [4.69, 9.17) is 9.84 Å². The summed E-state index contributed by atoms with van der Waals surface area (Å²) in [6.07, 6.45) is -2.36. The molecule has 2 aromatic heterocycles. The molecule has 0 aliphatic carbocycles. The molecule has 0 bridgehead atoms. The summed E-state index contributed by atoms with van der Waals surface area (Å²) in [4.78, 5) is 13.0. The van der Waals surface area contributed by atoms with Crippen LogP contribution in [0.25, 0.3) is 11.3 Å². The maximum atomic E-state index is 14.9. The minimum atomic E-state index is -4.82. The van der Waals surface area contributed by atoms with E-state index in [-0.39, 0.29) is 23.4 Å². The summed E-state index contributed by atoms with van der Waals surface area (Å²) in [6.45, 7) is 0.871. The van der Waals surface area contributed by atoms with Gasteiger partial charge in [-0.15, -0.1) is 0 Å². The lowest BCUT2D eigenvalue weighted by atomic mass is 10.1. The largest absolute Gasteiger partial charge is 0.435 e. The zero-order valence-corrected chi connectivity index (χ0v) is 18.5. The van der Waals surface area contributed by atoms with E-state index in [9.17, 15) is 17.6 Å². The molecule has 12 heteroatoms. The third-order valence-electron chi connectivity index (χ3n) is 5.37. The molecule has 1 aliphatic heterocycles. The molecule has 1 saturated heterocycles. The van der Waals surface area contributed by atoms with Crippen molar-refractivity contribution in [2.75, 3.05) is 30.3 Å². The molecule has 3 heterocycles. The number of hydrogen-bond donors (Lipinski definition) is 4. The highest BCUT2D eigenvalue weighted by Gasteiger charge is 2.38. The second-order valence-electron chi connectivity index (χ2n) is 7.97. The summed E-state index contributed by atoms with van der Waals surface area (Å²) in [7, 11) is 0. The highest BCUT2D eigenvalue weighted by Crippen LogP contribution is 2.34. The summed E-state index contributed by atoms with van der Waals surface area (Å²) in [6, 6.07) is 9.22. The molecule has 8 nitrogen and oxygen atoms in total. The van der Waals surface area contributed by atoms with Crippen molar-refractivity contribution < 1.29 is 27.4 Å². The molecule has 1 fully saturated rings. The predicted molar refractivity (Wildman–Crippen MR) is 122 cm³/mol. The van der Waals surface area contributed by atoms with Gasteiger partial charge in [0, 0.05) is 31.5 Å². The summed E-state index contributed by atoms with van der Waals surface area (Å²) in [5.41, 5.74) is 0.722. The smallest absolute Gasteiger partial charge is 0.416 e. The number of halogens is 4. The number of benzene rings is 1. The third kappa shape index (κ3) is 6.34. The van der Waals surface area contributed by atoms with Crippen LogP contribution in [0.3, 0.4) is 0 Å². The molecule has 0 spiro atoms. The fraction of sp³-hybridized carbons (Fsp3) is 0.348. The SMILES string of the molecule is O[C@@H](CNc1cccc(Oc2ncccc2-c2ccnc(N[C@H]3CCCNC3)n2)c1F)C(F)(F)F. The lowest BCUT2D eigenvalue weighted by molar-refractivity contribution is -0.198. The number of pyridine rings is 1. The van der Waals surface area contributed by atoms with Crippen LogP contribution in [-0.2, 0) is 0 Å². The third-order valence-corrected chi connectivity index (χ3v) is 5.37. The van der Waals surface area contributed by atoms with Gasteiger partial charge in [0.1, 0.15) is 0 Å². The van der Waals surface area contributed by atoms with Gasteiger partial charge in [0.2, 0.25) is 11.8 Å². The average Bonchev–Trinajstić information content (AvgIpc) is 2.85. The first-order chi connectivity index (χ1) is 16.8. The Morgan fingerprint density at radius 2 is 2.00 bits per heavy atom. The second-order valence-corrected chi connectivity index (χ2v) is 7.97. The van der Waals surface area contributed by atoms with Gasteiger partial charge in [-0.3, -0.25) is 0 Å². The van der Waals surface area contributed by atoms with Crippen LogP contribution in [0.2, 0.25) is 0 Å². The van der Waals surface area contributed by atoms with Crippen LogP contribution < -0.4 is 20.7 Å². The lowest BCUT2D eigenvalue weighted by Gasteiger charge is -2.23. The number of hydrogen-bond acceptors (Lipinski definition) is 8. The molecule has 1 aromatic carbocycles. The summed E-state index contributed by atoms with van der Waals surface area (Å²) >= 11 is 0. The number of alkyl halides is 3. The number of piperidine rings is 1. The van der Waals surface area contributed by atoms with Crippen LogP contribution in [-0.4, -0.2) is 58.0 Å². The molecule has 3 aromatic rings. The Morgan fingerprint density at radius 3 is 2.77 bits per heavy atom. The van der Waals surface area contributed by atoms with E-state index in [1.807, 2.05) is 0 Å². The molecule has 0 saturated carbocycles. The van der Waals surface area contributed by atoms with Gasteiger partial charge in [0.25, 0.3) is 0 Å². The van der Waals surface area contributed by atoms with Crippen molar-refractivity contribution in [1.29, 1.82) is 0 Å². The molecular weight excluding hydrogens is 468 g/mol. The van der Waals surface area contributed by atoms with E-state index in [1.54, 1.807) is 24.4 Å². The molecule has 4 rings (SSSR count). The van der Waals surface area contributed by atoms with Crippen molar-refractivity contribution in [2.24, 2.45) is 0 Å². The van der Waals surface area contributed by atoms with Crippen LogP contribution in [0.15, 0.2) is 48.8 Å². The molecular formula is C23H24F4N6O2. The predicted octanol–water partition coefficient (Wildman–Crippen LogP) is 3.97. The molecule has 35 heavy (non-hydrogen) atoms. The standard InChI is InChI=1S/C23H24F4N6O2/c24-20-17(31-13-19(34)23(25,26)27)6-1-7-18(20)35-21-15(5-3-10-29-21)16-8-11-30-22(33-16)32-14-4-2-9-28-12-14/h1,3,5-8,10-11,14,19,28,31,34H,2,4,9,12-13H2,(H,30,32,33)/t14-,19-/m0/s1. The minimum Gasteiger partial charge on any atom is -0.435 e. The van der Waals surface area contributed by atoms with Gasteiger partial charge >= 0.3 is 6.18 Å². The monoisotopic (exact) mass is 492 g/mol. The first-order valence-corrected chi connectivity index (χ1v) is 11.0. The van der Waals surface area contributed by atoms with Crippen molar-refractivity contribution in [3.05, 3.63) is 54.6 Å². The number of nitrogens with zero attached hydrogens (tertiary/aromatic N) is 3. The molecule has 4 N–H and O–H groups in total. The molecule has 0 unspecified atom stereocenters. The van der Waals surface area contributed by atoms with Crippen LogP contribution in [0.5, 0.6) is 11.6 Å². The molecule has 0 radical (unpaired) electrons. The summed E-state index contributed by atoms with van der Waals surface area (Å²) < 4.78 is 58.3. The molecule has 186 valence electrons. The van der Waals surface area contributed by atoms with Crippen molar-refractivity contribution in [3.63, 3.8) is 0 Å². The average molecular weight is 492 g/mol. The van der Waals surface area contributed by atoms with Crippen molar-refractivity contribution in [3.8, 4) is 22.9 Å². The first-order valence-electron chi connectivity index (χ1n) is 11.0. The summed E-state index contributed by atoms with van der Waals surface area (Å²) in [5.74, 6) is -0.681. The van der Waals surface area contributed by atoms with Crippen LogP contribution in [0, 0.1) is 5.82 Å². The Bertz CT molecular complexity index is 1140. The molecule has 1 aliphatic rings. The second kappa shape index (κ2) is 10.8. The van der Waals surface area contributed by atoms with Crippen molar-refractivity contribution in [1.82, 2.24) is 20.3 Å². The maximum absolute atomic E-state index is 14.9. The molecule has 2 atom stereocenters. The fourth-order valence-corrected chi connectivity index (χ4v) is 3.56.